The molecule has 8 aromatic carbocycles. The minimum Gasteiger partial charge on any atom is -0.456 e. The van der Waals surface area contributed by atoms with Crippen molar-refractivity contribution in [3.05, 3.63) is 170 Å². The normalized spacial score (nSPS) is 11.8. The molecule has 0 saturated heterocycles. The van der Waals surface area contributed by atoms with Crippen LogP contribution in [-0.4, -0.2) is 4.98 Å². The number of anilines is 3. The van der Waals surface area contributed by atoms with Gasteiger partial charge in [0, 0.05) is 44.2 Å². The summed E-state index contributed by atoms with van der Waals surface area (Å²) < 4.78 is 19.0. The zero-order valence-electron chi connectivity index (χ0n) is 27.8. The van der Waals surface area contributed by atoms with Gasteiger partial charge in [0.1, 0.15) is 27.8 Å². The van der Waals surface area contributed by atoms with Gasteiger partial charge >= 0.3 is 0 Å². The largest absolute Gasteiger partial charge is 0.456 e. The first-order valence-electron chi connectivity index (χ1n) is 17.4. The van der Waals surface area contributed by atoms with Crippen molar-refractivity contribution in [3.8, 4) is 22.6 Å². The third-order valence-electron chi connectivity index (χ3n) is 10.1. The Kier molecular flexibility index (Phi) is 6.18. The predicted molar refractivity (Wildman–Crippen MR) is 212 cm³/mol. The number of fused-ring (bicyclic) bond motifs is 8. The molecule has 0 spiro atoms. The van der Waals surface area contributed by atoms with Gasteiger partial charge in [0.2, 0.25) is 5.89 Å². The predicted octanol–water partition coefficient (Wildman–Crippen LogP) is 13.6. The summed E-state index contributed by atoms with van der Waals surface area (Å²) in [5.74, 6) is 0.567. The van der Waals surface area contributed by atoms with Gasteiger partial charge in [-0.3, -0.25) is 0 Å². The van der Waals surface area contributed by atoms with Crippen LogP contribution in [0.15, 0.2) is 183 Å². The maximum Gasteiger partial charge on any atom is 0.228 e. The van der Waals surface area contributed by atoms with E-state index in [0.29, 0.717) is 5.89 Å². The van der Waals surface area contributed by atoms with Gasteiger partial charge in [0.25, 0.3) is 0 Å². The average molecular weight is 669 g/mol. The molecule has 0 radical (unpaired) electrons. The summed E-state index contributed by atoms with van der Waals surface area (Å²) in [5, 5.41) is 6.54. The molecule has 11 rings (SSSR count). The van der Waals surface area contributed by atoms with Crippen molar-refractivity contribution in [2.45, 2.75) is 0 Å². The van der Waals surface area contributed by atoms with E-state index in [9.17, 15) is 0 Å². The van der Waals surface area contributed by atoms with Crippen molar-refractivity contribution < 1.29 is 13.3 Å². The summed E-state index contributed by atoms with van der Waals surface area (Å²) in [6.45, 7) is 0. The van der Waals surface area contributed by atoms with Gasteiger partial charge in [0.05, 0.1) is 0 Å². The highest BCUT2D eigenvalue weighted by Gasteiger charge is 2.21. The fraction of sp³-hybridized carbons (Fsp3) is 0. The minimum atomic E-state index is 0.567. The molecule has 0 aliphatic heterocycles. The number of benzene rings is 8. The number of furan rings is 2. The molecular formula is C47H28N2O3. The molecule has 0 saturated carbocycles. The second kappa shape index (κ2) is 11.2. The minimum absolute atomic E-state index is 0.567. The van der Waals surface area contributed by atoms with Crippen molar-refractivity contribution in [2.75, 3.05) is 4.90 Å². The number of oxazole rings is 1. The van der Waals surface area contributed by atoms with E-state index in [2.05, 4.69) is 126 Å². The van der Waals surface area contributed by atoms with E-state index in [1.165, 1.54) is 10.8 Å². The van der Waals surface area contributed by atoms with Crippen molar-refractivity contribution >= 4 is 82.8 Å². The number of hydrogen-bond acceptors (Lipinski definition) is 5. The molecule has 5 nitrogen and oxygen atoms in total. The van der Waals surface area contributed by atoms with Crippen molar-refractivity contribution in [1.29, 1.82) is 0 Å². The van der Waals surface area contributed by atoms with Gasteiger partial charge in [-0.15, -0.1) is 0 Å². The first kappa shape index (κ1) is 28.7. The molecule has 244 valence electrons. The Bertz CT molecular complexity index is 3130. The number of nitrogens with zero attached hydrogens (tertiary/aromatic N) is 2. The monoisotopic (exact) mass is 668 g/mol. The van der Waals surface area contributed by atoms with Crippen LogP contribution in [0.25, 0.3) is 88.3 Å². The lowest BCUT2D eigenvalue weighted by molar-refractivity contribution is 0.620. The molecule has 0 amide bonds. The van der Waals surface area contributed by atoms with Crippen molar-refractivity contribution in [1.82, 2.24) is 4.98 Å². The van der Waals surface area contributed by atoms with Crippen LogP contribution in [-0.2, 0) is 0 Å². The molecule has 11 aromatic rings. The van der Waals surface area contributed by atoms with Crippen LogP contribution in [0, 0.1) is 0 Å². The highest BCUT2D eigenvalue weighted by atomic mass is 16.4. The van der Waals surface area contributed by atoms with Crippen LogP contribution in [0.3, 0.4) is 0 Å². The topological polar surface area (TPSA) is 55.6 Å². The van der Waals surface area contributed by atoms with Gasteiger partial charge in [-0.2, -0.15) is 0 Å². The standard InChI is InChI=1S/C47H28N2O3/c1-2-10-30-25-32(20-19-29(30)9-1)31-11-7-12-33(26-31)49(34-21-23-42-38(27-34)36-13-3-5-16-41(36)50-42)35-22-24-43-39(28-35)46-37(14-8-18-45(46)51-43)47-48-40-15-4-6-17-44(40)52-47/h1-28H. The van der Waals surface area contributed by atoms with E-state index in [1.54, 1.807) is 0 Å². The average Bonchev–Trinajstić information content (AvgIpc) is 3.91. The lowest BCUT2D eigenvalue weighted by Crippen LogP contribution is -2.10. The molecule has 0 unspecified atom stereocenters. The van der Waals surface area contributed by atoms with Gasteiger partial charge in [-0.05, 0) is 107 Å². The van der Waals surface area contributed by atoms with Crippen LogP contribution >= 0.6 is 0 Å². The molecule has 5 heteroatoms. The Morgan fingerprint density at radius 3 is 1.92 bits per heavy atom. The highest BCUT2D eigenvalue weighted by molar-refractivity contribution is 6.13. The second-order valence-corrected chi connectivity index (χ2v) is 13.2. The van der Waals surface area contributed by atoms with Crippen LogP contribution in [0.4, 0.5) is 17.1 Å². The van der Waals surface area contributed by atoms with Crippen LogP contribution in [0.5, 0.6) is 0 Å². The summed E-state index contributed by atoms with van der Waals surface area (Å²) in [6, 6.07) is 58.8. The van der Waals surface area contributed by atoms with Gasteiger partial charge in [0.15, 0.2) is 5.58 Å². The number of hydrogen-bond donors (Lipinski definition) is 0. The van der Waals surface area contributed by atoms with Gasteiger partial charge < -0.3 is 18.2 Å². The fourth-order valence-electron chi connectivity index (χ4n) is 7.61. The summed E-state index contributed by atoms with van der Waals surface area (Å²) >= 11 is 0. The quantitative estimate of drug-likeness (QED) is 0.183. The summed E-state index contributed by atoms with van der Waals surface area (Å²) in [6.07, 6.45) is 0. The molecular weight excluding hydrogens is 641 g/mol. The van der Waals surface area contributed by atoms with E-state index in [0.717, 1.165) is 88.7 Å². The lowest BCUT2D eigenvalue weighted by atomic mass is 10.00. The lowest BCUT2D eigenvalue weighted by Gasteiger charge is -2.26. The smallest absolute Gasteiger partial charge is 0.228 e. The molecule has 0 N–H and O–H groups in total. The SMILES string of the molecule is c1cc(-c2ccc3ccccc3c2)cc(N(c2ccc3oc4ccccc4c3c2)c2ccc3oc4cccc(-c5nc6ccccc6o5)c4c3c2)c1. The summed E-state index contributed by atoms with van der Waals surface area (Å²) in [7, 11) is 0. The van der Waals surface area contributed by atoms with Crippen LogP contribution in [0.2, 0.25) is 0 Å². The Morgan fingerprint density at radius 1 is 0.385 bits per heavy atom. The molecule has 0 atom stereocenters. The van der Waals surface area contributed by atoms with Crippen LogP contribution < -0.4 is 4.90 Å². The van der Waals surface area contributed by atoms with E-state index in [1.807, 2.05) is 48.5 Å². The molecule has 0 fully saturated rings. The Balaban J connectivity index is 1.13. The zero-order chi connectivity index (χ0) is 34.2. The maximum absolute atomic E-state index is 6.44. The molecule has 0 bridgehead atoms. The molecule has 0 aliphatic rings. The van der Waals surface area contributed by atoms with Crippen molar-refractivity contribution in [3.63, 3.8) is 0 Å². The Hall–Kier alpha value is -7.11. The Morgan fingerprint density at radius 2 is 1.04 bits per heavy atom. The van der Waals surface area contributed by atoms with Gasteiger partial charge in [-0.25, -0.2) is 4.98 Å². The molecule has 52 heavy (non-hydrogen) atoms. The highest BCUT2D eigenvalue weighted by Crippen LogP contribution is 2.44. The van der Waals surface area contributed by atoms with E-state index < -0.39 is 0 Å². The Labute approximate surface area is 297 Å². The first-order valence-corrected chi connectivity index (χ1v) is 17.4. The van der Waals surface area contributed by atoms with E-state index in [-0.39, 0.29) is 0 Å². The second-order valence-electron chi connectivity index (χ2n) is 13.2. The number of rotatable bonds is 5. The van der Waals surface area contributed by atoms with Crippen molar-refractivity contribution in [2.24, 2.45) is 0 Å². The number of para-hydroxylation sites is 3. The first-order chi connectivity index (χ1) is 25.7. The molecule has 3 heterocycles. The molecule has 3 aromatic heterocycles. The third-order valence-corrected chi connectivity index (χ3v) is 10.1. The summed E-state index contributed by atoms with van der Waals surface area (Å²) in [5.41, 5.74) is 11.1. The van der Waals surface area contributed by atoms with E-state index in [4.69, 9.17) is 18.2 Å². The van der Waals surface area contributed by atoms with E-state index >= 15 is 0 Å². The van der Waals surface area contributed by atoms with Crippen LogP contribution in [0.1, 0.15) is 0 Å². The zero-order valence-corrected chi connectivity index (χ0v) is 27.8. The maximum atomic E-state index is 6.44. The summed E-state index contributed by atoms with van der Waals surface area (Å²) in [4.78, 5) is 7.16. The van der Waals surface area contributed by atoms with Gasteiger partial charge in [-0.1, -0.05) is 84.9 Å². The fourth-order valence-corrected chi connectivity index (χ4v) is 7.61. The third kappa shape index (κ3) is 4.53. The molecule has 0 aliphatic carbocycles. The number of aromatic nitrogens is 1.